The van der Waals surface area contributed by atoms with Gasteiger partial charge < -0.3 is 32.7 Å². The molecule has 1 aromatic carbocycles. The first-order valence-electron chi connectivity index (χ1n) is 9.67. The third kappa shape index (κ3) is 5.49. The van der Waals surface area contributed by atoms with Gasteiger partial charge in [0, 0.05) is 18.1 Å². The Labute approximate surface area is 183 Å². The van der Waals surface area contributed by atoms with E-state index in [1.807, 2.05) is 25.1 Å². The number of likely N-dealkylation sites (N-methyl/N-ethyl adjacent to an activating group) is 1. The number of ether oxygens (including phenoxy) is 4. The Morgan fingerprint density at radius 3 is 2.56 bits per heavy atom. The first-order chi connectivity index (χ1) is 15.3. The molecule has 32 heavy (non-hydrogen) atoms. The maximum atomic E-state index is 12.6. The van der Waals surface area contributed by atoms with E-state index in [1.165, 1.54) is 11.5 Å². The summed E-state index contributed by atoms with van der Waals surface area (Å²) in [6, 6.07) is 5.35. The van der Waals surface area contributed by atoms with Crippen molar-refractivity contribution in [2.24, 2.45) is 0 Å². The maximum absolute atomic E-state index is 12.6. The van der Waals surface area contributed by atoms with E-state index in [9.17, 15) is 14.4 Å². The minimum absolute atomic E-state index is 0.0587. The Balaban J connectivity index is 1.61. The van der Waals surface area contributed by atoms with Gasteiger partial charge in [0.25, 0.3) is 0 Å². The van der Waals surface area contributed by atoms with Crippen LogP contribution in [0.4, 0.5) is 9.59 Å². The van der Waals surface area contributed by atoms with Crippen LogP contribution in [0.3, 0.4) is 0 Å². The van der Waals surface area contributed by atoms with E-state index in [0.29, 0.717) is 17.7 Å². The van der Waals surface area contributed by atoms with Crippen molar-refractivity contribution in [2.45, 2.75) is 20.0 Å². The average molecular weight is 448 g/mol. The zero-order valence-corrected chi connectivity index (χ0v) is 18.2. The van der Waals surface area contributed by atoms with Crippen LogP contribution in [0.1, 0.15) is 17.1 Å². The van der Waals surface area contributed by atoms with Crippen LogP contribution in [-0.2, 0) is 27.2 Å². The van der Waals surface area contributed by atoms with E-state index >= 15 is 0 Å². The number of carbonyl (C=O) groups excluding carboxylic acids is 2. The van der Waals surface area contributed by atoms with Gasteiger partial charge in [0.05, 0.1) is 12.6 Å². The summed E-state index contributed by atoms with van der Waals surface area (Å²) in [7, 11) is 5.50. The van der Waals surface area contributed by atoms with Gasteiger partial charge in [-0.15, -0.1) is 0 Å². The van der Waals surface area contributed by atoms with Crippen molar-refractivity contribution >= 4 is 23.2 Å². The molecule has 0 bridgehead atoms. The molecule has 2 aromatic heterocycles. The predicted molar refractivity (Wildman–Crippen MR) is 111 cm³/mol. The van der Waals surface area contributed by atoms with E-state index in [2.05, 4.69) is 4.42 Å². The number of benzene rings is 1. The second-order valence-corrected chi connectivity index (χ2v) is 7.11. The molecule has 0 aliphatic heterocycles. The number of carbonyl (C=O) groups is 2. The molecule has 0 unspecified atom stereocenters. The highest BCUT2D eigenvalue weighted by Gasteiger charge is 2.17. The molecule has 0 amide bonds. The first-order valence-corrected chi connectivity index (χ1v) is 9.67. The van der Waals surface area contributed by atoms with Gasteiger partial charge in [0.2, 0.25) is 6.79 Å². The van der Waals surface area contributed by atoms with Gasteiger partial charge in [-0.2, -0.15) is 0 Å². The number of rotatable bonds is 8. The molecule has 0 spiro atoms. The number of hydrogen-bond acceptors (Lipinski definition) is 10. The molecule has 0 fully saturated rings. The maximum Gasteiger partial charge on any atom is 0.519 e. The molecule has 0 saturated heterocycles. The van der Waals surface area contributed by atoms with Gasteiger partial charge >= 0.3 is 18.1 Å². The Morgan fingerprint density at radius 2 is 1.91 bits per heavy atom. The number of hydrogen-bond donors (Lipinski definition) is 0. The SMILES string of the molecule is COc1ccc2c(c1)c(CCN(C)C)cn2C(=O)OCOC(=O)OCc1oc(=O)oc1C. The summed E-state index contributed by atoms with van der Waals surface area (Å²) in [5, 5.41) is 0.862. The van der Waals surface area contributed by atoms with Crippen molar-refractivity contribution < 1.29 is 37.4 Å². The van der Waals surface area contributed by atoms with E-state index in [1.54, 1.807) is 25.4 Å². The predicted octanol–water partition coefficient (Wildman–Crippen LogP) is 2.90. The molecular weight excluding hydrogens is 424 g/mol. The Bertz CT molecular complexity index is 1160. The van der Waals surface area contributed by atoms with Gasteiger partial charge in [-0.1, -0.05) is 0 Å². The summed E-state index contributed by atoms with van der Waals surface area (Å²) in [6.45, 7) is 1.26. The Kier molecular flexibility index (Phi) is 7.21. The molecule has 3 aromatic rings. The summed E-state index contributed by atoms with van der Waals surface area (Å²) in [6.07, 6.45) is 0.581. The van der Waals surface area contributed by atoms with E-state index in [-0.39, 0.29) is 18.1 Å². The van der Waals surface area contributed by atoms with Gasteiger partial charge in [0.15, 0.2) is 18.1 Å². The smallest absolute Gasteiger partial charge is 0.497 e. The van der Waals surface area contributed by atoms with Crippen molar-refractivity contribution in [1.29, 1.82) is 0 Å². The molecular formula is C21H24N2O9. The van der Waals surface area contributed by atoms with Crippen molar-refractivity contribution in [3.05, 3.63) is 52.1 Å². The normalized spacial score (nSPS) is 11.0. The minimum atomic E-state index is -1.10. The molecule has 0 aliphatic rings. The van der Waals surface area contributed by atoms with Crippen LogP contribution in [0.25, 0.3) is 10.9 Å². The number of fused-ring (bicyclic) bond motifs is 1. The van der Waals surface area contributed by atoms with Gasteiger partial charge in [-0.05, 0) is 51.2 Å². The largest absolute Gasteiger partial charge is 0.519 e. The number of nitrogens with zero attached hydrogens (tertiary/aromatic N) is 2. The Morgan fingerprint density at radius 1 is 1.12 bits per heavy atom. The van der Waals surface area contributed by atoms with Crippen LogP contribution in [0.15, 0.2) is 38.0 Å². The van der Waals surface area contributed by atoms with E-state index in [0.717, 1.165) is 17.5 Å². The fraction of sp³-hybridized carbons (Fsp3) is 0.381. The monoisotopic (exact) mass is 448 g/mol. The third-order valence-electron chi connectivity index (χ3n) is 4.64. The summed E-state index contributed by atoms with van der Waals surface area (Å²) >= 11 is 0. The van der Waals surface area contributed by atoms with Crippen LogP contribution in [0, 0.1) is 6.92 Å². The second-order valence-electron chi connectivity index (χ2n) is 7.11. The first kappa shape index (κ1) is 22.9. The lowest BCUT2D eigenvalue weighted by atomic mass is 10.1. The van der Waals surface area contributed by atoms with Crippen LogP contribution in [-0.4, -0.2) is 56.3 Å². The summed E-state index contributed by atoms with van der Waals surface area (Å²) < 4.78 is 30.6. The second kappa shape index (κ2) is 10.1. The molecule has 0 saturated carbocycles. The van der Waals surface area contributed by atoms with Crippen molar-refractivity contribution in [3.63, 3.8) is 0 Å². The highest BCUT2D eigenvalue weighted by atomic mass is 16.8. The Hall–Kier alpha value is -3.73. The zero-order valence-electron chi connectivity index (χ0n) is 18.2. The van der Waals surface area contributed by atoms with Crippen LogP contribution in [0.5, 0.6) is 5.75 Å². The topological polar surface area (TPSA) is 123 Å². The van der Waals surface area contributed by atoms with Gasteiger partial charge in [0.1, 0.15) is 5.75 Å². The molecule has 0 aliphatic carbocycles. The molecule has 172 valence electrons. The summed E-state index contributed by atoms with van der Waals surface area (Å²) in [5.41, 5.74) is 1.58. The van der Waals surface area contributed by atoms with Gasteiger partial charge in [-0.3, -0.25) is 4.57 Å². The minimum Gasteiger partial charge on any atom is -0.497 e. The molecule has 0 atom stereocenters. The molecule has 0 radical (unpaired) electrons. The number of aromatic nitrogens is 1. The van der Waals surface area contributed by atoms with Crippen molar-refractivity contribution in [3.8, 4) is 5.75 Å². The summed E-state index contributed by atoms with van der Waals surface area (Å²) in [4.78, 5) is 37.3. The van der Waals surface area contributed by atoms with E-state index < -0.39 is 24.9 Å². The molecule has 11 nitrogen and oxygen atoms in total. The molecule has 3 rings (SSSR count). The van der Waals surface area contributed by atoms with E-state index in [4.69, 9.17) is 23.4 Å². The lowest BCUT2D eigenvalue weighted by molar-refractivity contribution is -0.0188. The lowest BCUT2D eigenvalue weighted by Crippen LogP contribution is -2.18. The standard InChI is InChI=1S/C21H24N2O9/c1-13-18(32-21(26)31-13)11-28-20(25)30-12-29-19(24)23-10-14(7-8-22(2)3)16-9-15(27-4)5-6-17(16)23/h5-6,9-10H,7-8,11-12H2,1-4H3. The highest BCUT2D eigenvalue weighted by Crippen LogP contribution is 2.27. The average Bonchev–Trinajstić information content (AvgIpc) is 3.28. The molecule has 0 N–H and O–H groups in total. The third-order valence-corrected chi connectivity index (χ3v) is 4.64. The molecule has 2 heterocycles. The summed E-state index contributed by atoms with van der Waals surface area (Å²) in [5.74, 6) is 0.0215. The number of methoxy groups -OCH3 is 1. The fourth-order valence-electron chi connectivity index (χ4n) is 2.97. The van der Waals surface area contributed by atoms with Crippen molar-refractivity contribution in [2.75, 3.05) is 34.5 Å². The van der Waals surface area contributed by atoms with Crippen LogP contribution >= 0.6 is 0 Å². The quantitative estimate of drug-likeness (QED) is 0.375. The van der Waals surface area contributed by atoms with Gasteiger partial charge in [-0.25, -0.2) is 14.4 Å². The highest BCUT2D eigenvalue weighted by molar-refractivity contribution is 5.92. The lowest BCUT2D eigenvalue weighted by Gasteiger charge is -2.08. The van der Waals surface area contributed by atoms with Crippen LogP contribution < -0.4 is 10.6 Å². The molecule has 11 heteroatoms. The zero-order chi connectivity index (χ0) is 23.3. The van der Waals surface area contributed by atoms with Crippen molar-refractivity contribution in [1.82, 2.24) is 9.47 Å². The fourth-order valence-corrected chi connectivity index (χ4v) is 2.97. The van der Waals surface area contributed by atoms with Crippen LogP contribution in [0.2, 0.25) is 0 Å². The number of aryl methyl sites for hydroxylation is 1.